The summed E-state index contributed by atoms with van der Waals surface area (Å²) < 4.78 is 25.9. The van der Waals surface area contributed by atoms with Gasteiger partial charge in [-0.05, 0) is 53.8 Å². The van der Waals surface area contributed by atoms with E-state index in [9.17, 15) is 18.0 Å². The fourth-order valence-electron chi connectivity index (χ4n) is 3.64. The van der Waals surface area contributed by atoms with Gasteiger partial charge in [0, 0.05) is 21.8 Å². The Kier molecular flexibility index (Phi) is 7.72. The molecule has 1 amide bonds. The molecule has 6 nitrogen and oxygen atoms in total. The van der Waals surface area contributed by atoms with E-state index in [-0.39, 0.29) is 11.2 Å². The van der Waals surface area contributed by atoms with E-state index in [4.69, 9.17) is 11.6 Å². The van der Waals surface area contributed by atoms with E-state index in [1.54, 1.807) is 61.5 Å². The van der Waals surface area contributed by atoms with Crippen LogP contribution in [-0.2, 0) is 20.2 Å². The molecular weight excluding hydrogens is 484 g/mol. The summed E-state index contributed by atoms with van der Waals surface area (Å²) in [4.78, 5) is 25.8. The van der Waals surface area contributed by atoms with E-state index in [0.29, 0.717) is 33.1 Å². The van der Waals surface area contributed by atoms with Gasteiger partial charge in [0.25, 0.3) is 0 Å². The van der Waals surface area contributed by atoms with Crippen molar-refractivity contribution in [1.82, 2.24) is 0 Å². The average Bonchev–Trinajstić information content (AvgIpc) is 2.76. The first-order chi connectivity index (χ1) is 16.3. The van der Waals surface area contributed by atoms with Crippen LogP contribution in [0.1, 0.15) is 47.8 Å². The molecule has 1 N–H and O–H groups in total. The van der Waals surface area contributed by atoms with Gasteiger partial charge in [0.15, 0.2) is 5.78 Å². The fraction of sp³-hybridized carbons (Fsp3) is 0.259. The molecule has 0 aromatic heterocycles. The maximum Gasteiger partial charge on any atom is 0.245 e. The Hall–Kier alpha value is -3.16. The molecule has 0 atom stereocenters. The van der Waals surface area contributed by atoms with Crippen LogP contribution < -0.4 is 9.62 Å². The second kappa shape index (κ2) is 10.2. The highest BCUT2D eigenvalue weighted by molar-refractivity contribution is 7.92. The number of carbonyl (C=O) groups is 2. The predicted molar refractivity (Wildman–Crippen MR) is 142 cm³/mol. The maximum atomic E-state index is 13.0. The number of hydrogen-bond acceptors (Lipinski definition) is 4. The lowest BCUT2D eigenvalue weighted by molar-refractivity contribution is -0.114. The molecule has 0 bridgehead atoms. The number of halogens is 1. The van der Waals surface area contributed by atoms with Crippen molar-refractivity contribution in [3.8, 4) is 0 Å². The van der Waals surface area contributed by atoms with Gasteiger partial charge in [-0.1, -0.05) is 68.8 Å². The molecule has 0 saturated carbocycles. The van der Waals surface area contributed by atoms with Crippen LogP contribution in [0.3, 0.4) is 0 Å². The summed E-state index contributed by atoms with van der Waals surface area (Å²) in [6.07, 6.45) is 1.04. The highest BCUT2D eigenvalue weighted by Gasteiger charge is 2.23. The minimum atomic E-state index is -3.74. The molecule has 0 aliphatic carbocycles. The predicted octanol–water partition coefficient (Wildman–Crippen LogP) is 5.58. The van der Waals surface area contributed by atoms with Crippen LogP contribution in [0.2, 0.25) is 5.02 Å². The third-order valence-electron chi connectivity index (χ3n) is 5.54. The van der Waals surface area contributed by atoms with Crippen LogP contribution in [0.25, 0.3) is 0 Å². The molecule has 3 rings (SSSR count). The summed E-state index contributed by atoms with van der Waals surface area (Å²) in [6.45, 7) is 7.62. The van der Waals surface area contributed by atoms with Gasteiger partial charge in [-0.2, -0.15) is 0 Å². The van der Waals surface area contributed by atoms with Crippen molar-refractivity contribution in [1.29, 1.82) is 0 Å². The van der Waals surface area contributed by atoms with E-state index in [1.165, 1.54) is 0 Å². The van der Waals surface area contributed by atoms with Gasteiger partial charge in [-0.25, -0.2) is 8.42 Å². The molecule has 184 valence electrons. The monoisotopic (exact) mass is 512 g/mol. The van der Waals surface area contributed by atoms with Crippen LogP contribution in [-0.4, -0.2) is 32.9 Å². The summed E-state index contributed by atoms with van der Waals surface area (Å²) >= 11 is 5.99. The molecule has 35 heavy (non-hydrogen) atoms. The average molecular weight is 513 g/mol. The zero-order chi connectivity index (χ0) is 26.0. The third-order valence-corrected chi connectivity index (χ3v) is 6.90. The summed E-state index contributed by atoms with van der Waals surface area (Å²) in [5.41, 5.74) is 3.46. The number of aryl methyl sites for hydroxylation is 1. The second-order valence-electron chi connectivity index (χ2n) is 9.49. The molecule has 0 unspecified atom stereocenters. The number of amides is 1. The maximum absolute atomic E-state index is 13.0. The number of carbonyl (C=O) groups excluding carboxylic acids is 2. The molecule has 3 aromatic carbocycles. The van der Waals surface area contributed by atoms with Crippen molar-refractivity contribution >= 4 is 44.7 Å². The largest absolute Gasteiger partial charge is 0.324 e. The SMILES string of the molecule is Cc1cc(Cl)ccc1N(CC(=O)Nc1cccc(C(=O)c2ccc(C(C)(C)C)cc2)c1)S(C)(=O)=O. The molecule has 0 aliphatic heterocycles. The Labute approximate surface area is 212 Å². The Morgan fingerprint density at radius 1 is 0.943 bits per heavy atom. The summed E-state index contributed by atoms with van der Waals surface area (Å²) in [7, 11) is -3.74. The lowest BCUT2D eigenvalue weighted by Gasteiger charge is -2.23. The zero-order valence-electron chi connectivity index (χ0n) is 20.4. The van der Waals surface area contributed by atoms with Crippen LogP contribution in [0, 0.1) is 6.92 Å². The van der Waals surface area contributed by atoms with Gasteiger partial charge >= 0.3 is 0 Å². The minimum Gasteiger partial charge on any atom is -0.324 e. The number of anilines is 2. The number of rotatable bonds is 7. The van der Waals surface area contributed by atoms with E-state index in [1.807, 2.05) is 12.1 Å². The highest BCUT2D eigenvalue weighted by atomic mass is 35.5. The van der Waals surface area contributed by atoms with Gasteiger partial charge in [0.2, 0.25) is 15.9 Å². The number of nitrogens with one attached hydrogen (secondary N) is 1. The molecule has 3 aromatic rings. The Bertz CT molecular complexity index is 1360. The number of ketones is 1. The molecule has 0 radical (unpaired) electrons. The van der Waals surface area contributed by atoms with E-state index < -0.39 is 22.5 Å². The van der Waals surface area contributed by atoms with Crippen LogP contribution in [0.15, 0.2) is 66.7 Å². The first kappa shape index (κ1) is 26.4. The molecule has 8 heteroatoms. The normalized spacial score (nSPS) is 11.7. The van der Waals surface area contributed by atoms with Gasteiger partial charge in [-0.15, -0.1) is 0 Å². The standard InChI is InChI=1S/C27H29ClN2O4S/c1-18-15-22(28)13-14-24(18)30(35(5,33)34)17-25(31)29-23-8-6-7-20(16-23)26(32)19-9-11-21(12-10-19)27(2,3)4/h6-16H,17H2,1-5H3,(H,29,31). The first-order valence-electron chi connectivity index (χ1n) is 11.0. The molecule has 0 saturated heterocycles. The van der Waals surface area contributed by atoms with E-state index in [2.05, 4.69) is 26.1 Å². The van der Waals surface area contributed by atoms with Crippen LogP contribution in [0.5, 0.6) is 0 Å². The Morgan fingerprint density at radius 3 is 2.17 bits per heavy atom. The lowest BCUT2D eigenvalue weighted by Crippen LogP contribution is -2.37. The Morgan fingerprint density at radius 2 is 1.60 bits per heavy atom. The molecule has 0 spiro atoms. The minimum absolute atomic E-state index is 0.0177. The smallest absolute Gasteiger partial charge is 0.245 e. The van der Waals surface area contributed by atoms with Crippen molar-refractivity contribution in [2.24, 2.45) is 0 Å². The van der Waals surface area contributed by atoms with Crippen LogP contribution in [0.4, 0.5) is 11.4 Å². The van der Waals surface area contributed by atoms with Gasteiger partial charge in [0.05, 0.1) is 11.9 Å². The molecule has 0 aliphatic rings. The fourth-order valence-corrected chi connectivity index (χ4v) is 4.78. The Balaban J connectivity index is 1.78. The van der Waals surface area contributed by atoms with Gasteiger partial charge < -0.3 is 5.32 Å². The van der Waals surface area contributed by atoms with Crippen LogP contribution >= 0.6 is 11.6 Å². The second-order valence-corrected chi connectivity index (χ2v) is 11.8. The van der Waals surface area contributed by atoms with Gasteiger partial charge in [0.1, 0.15) is 6.54 Å². The highest BCUT2D eigenvalue weighted by Crippen LogP contribution is 2.26. The van der Waals surface area contributed by atoms with Crippen molar-refractivity contribution in [3.05, 3.63) is 94.0 Å². The summed E-state index contributed by atoms with van der Waals surface area (Å²) in [6, 6.07) is 18.8. The van der Waals surface area contributed by atoms with Crippen molar-refractivity contribution in [2.75, 3.05) is 22.4 Å². The molecular formula is C27H29ClN2O4S. The van der Waals surface area contributed by atoms with Crippen molar-refractivity contribution < 1.29 is 18.0 Å². The third kappa shape index (κ3) is 6.71. The number of sulfonamides is 1. The number of nitrogens with zero attached hydrogens (tertiary/aromatic N) is 1. The summed E-state index contributed by atoms with van der Waals surface area (Å²) in [5, 5.41) is 3.17. The van der Waals surface area contributed by atoms with E-state index in [0.717, 1.165) is 16.1 Å². The molecule has 0 fully saturated rings. The number of benzene rings is 3. The topological polar surface area (TPSA) is 83.6 Å². The lowest BCUT2D eigenvalue weighted by atomic mass is 9.86. The van der Waals surface area contributed by atoms with Crippen molar-refractivity contribution in [2.45, 2.75) is 33.1 Å². The van der Waals surface area contributed by atoms with Crippen molar-refractivity contribution in [3.63, 3.8) is 0 Å². The number of hydrogen-bond donors (Lipinski definition) is 1. The first-order valence-corrected chi connectivity index (χ1v) is 13.3. The molecule has 0 heterocycles. The zero-order valence-corrected chi connectivity index (χ0v) is 22.0. The quantitative estimate of drug-likeness (QED) is 0.419. The van der Waals surface area contributed by atoms with Gasteiger partial charge in [-0.3, -0.25) is 13.9 Å². The van der Waals surface area contributed by atoms with E-state index >= 15 is 0 Å². The summed E-state index contributed by atoms with van der Waals surface area (Å²) in [5.74, 6) is -0.708.